The Bertz CT molecular complexity index is 208. The lowest BCUT2D eigenvalue weighted by molar-refractivity contribution is -0.150. The van der Waals surface area contributed by atoms with E-state index in [9.17, 15) is 4.79 Å². The second-order valence-electron chi connectivity index (χ2n) is 3.89. The molecule has 0 bridgehead atoms. The molecule has 1 heterocycles. The van der Waals surface area contributed by atoms with Crippen LogP contribution in [0.3, 0.4) is 0 Å². The predicted octanol–water partition coefficient (Wildman–Crippen LogP) is -0.0717. The lowest BCUT2D eigenvalue weighted by Crippen LogP contribution is -2.35. The van der Waals surface area contributed by atoms with Crippen LogP contribution in [-0.4, -0.2) is 44.5 Å². The number of hydrogen-bond acceptors (Lipinski definition) is 5. The third-order valence-electron chi connectivity index (χ3n) is 2.21. The van der Waals surface area contributed by atoms with Gasteiger partial charge in [-0.2, -0.15) is 0 Å². The average Bonchev–Trinajstić information content (AvgIpc) is 2.58. The van der Waals surface area contributed by atoms with Gasteiger partial charge in [0, 0.05) is 6.04 Å². The van der Waals surface area contributed by atoms with Crippen molar-refractivity contribution in [2.24, 2.45) is 11.7 Å². The summed E-state index contributed by atoms with van der Waals surface area (Å²) in [5, 5.41) is 0. The Morgan fingerprint density at radius 3 is 2.73 bits per heavy atom. The molecule has 0 aliphatic carbocycles. The predicted molar refractivity (Wildman–Crippen MR) is 54.3 cm³/mol. The lowest BCUT2D eigenvalue weighted by atomic mass is 10.1. The zero-order valence-electron chi connectivity index (χ0n) is 9.27. The number of nitrogens with two attached hydrogens (primary N) is 1. The van der Waals surface area contributed by atoms with Crippen LogP contribution in [0.15, 0.2) is 0 Å². The average molecular weight is 217 g/mol. The number of carbonyl (C=O) groups excluding carboxylic acids is 1. The Kier molecular flexibility index (Phi) is 5.01. The maximum atomic E-state index is 11.5. The molecule has 1 fully saturated rings. The number of carbonyl (C=O) groups is 1. The minimum Gasteiger partial charge on any atom is -0.463 e. The summed E-state index contributed by atoms with van der Waals surface area (Å²) in [5.41, 5.74) is 5.68. The molecule has 1 rings (SSSR count). The highest BCUT2D eigenvalue weighted by atomic mass is 16.6. The smallest absolute Gasteiger partial charge is 0.313 e. The molecule has 5 heteroatoms. The first kappa shape index (κ1) is 12.4. The molecule has 0 aromatic rings. The first-order valence-corrected chi connectivity index (χ1v) is 5.23. The van der Waals surface area contributed by atoms with Gasteiger partial charge in [0.25, 0.3) is 0 Å². The molecule has 5 nitrogen and oxygen atoms in total. The van der Waals surface area contributed by atoms with E-state index < -0.39 is 0 Å². The van der Waals surface area contributed by atoms with Gasteiger partial charge in [-0.25, -0.2) is 0 Å². The van der Waals surface area contributed by atoms with E-state index in [0.717, 1.165) is 0 Å². The molecule has 0 aromatic heterocycles. The van der Waals surface area contributed by atoms with E-state index in [1.165, 1.54) is 0 Å². The van der Waals surface area contributed by atoms with Gasteiger partial charge in [0.1, 0.15) is 6.61 Å². The van der Waals surface area contributed by atoms with Crippen LogP contribution >= 0.6 is 0 Å². The molecule has 1 aliphatic heterocycles. The van der Waals surface area contributed by atoms with Gasteiger partial charge in [-0.05, 0) is 13.8 Å². The van der Waals surface area contributed by atoms with E-state index in [1.54, 1.807) is 0 Å². The Labute approximate surface area is 89.9 Å². The second-order valence-corrected chi connectivity index (χ2v) is 3.89. The van der Waals surface area contributed by atoms with Crippen LogP contribution in [0, 0.1) is 5.92 Å². The van der Waals surface area contributed by atoms with E-state index in [-0.39, 0.29) is 30.6 Å². The van der Waals surface area contributed by atoms with Gasteiger partial charge >= 0.3 is 5.97 Å². The van der Waals surface area contributed by atoms with Gasteiger partial charge in [0.2, 0.25) is 0 Å². The van der Waals surface area contributed by atoms with Crippen molar-refractivity contribution >= 4 is 5.97 Å². The maximum absolute atomic E-state index is 11.5. The minimum atomic E-state index is -0.316. The van der Waals surface area contributed by atoms with Crippen LogP contribution in [0.25, 0.3) is 0 Å². The number of esters is 1. The summed E-state index contributed by atoms with van der Waals surface area (Å²) in [6, 6.07) is -0.233. The Morgan fingerprint density at radius 2 is 2.20 bits per heavy atom. The van der Waals surface area contributed by atoms with Crippen LogP contribution in [0.1, 0.15) is 13.8 Å². The van der Waals surface area contributed by atoms with E-state index in [1.807, 2.05) is 13.8 Å². The molecule has 15 heavy (non-hydrogen) atoms. The van der Waals surface area contributed by atoms with Gasteiger partial charge in [0.05, 0.1) is 31.8 Å². The first-order chi connectivity index (χ1) is 7.11. The Balaban J connectivity index is 2.13. The van der Waals surface area contributed by atoms with Crippen molar-refractivity contribution in [3.8, 4) is 0 Å². The maximum Gasteiger partial charge on any atom is 0.313 e. The summed E-state index contributed by atoms with van der Waals surface area (Å²) in [6.45, 7) is 5.37. The normalized spacial score (nSPS) is 25.9. The summed E-state index contributed by atoms with van der Waals surface area (Å²) in [4.78, 5) is 11.5. The molecule has 1 aliphatic rings. The molecule has 2 atom stereocenters. The summed E-state index contributed by atoms with van der Waals surface area (Å²) in [5.74, 6) is -0.601. The highest BCUT2D eigenvalue weighted by molar-refractivity contribution is 5.73. The number of ether oxygens (including phenoxy) is 3. The molecule has 1 saturated heterocycles. The van der Waals surface area contributed by atoms with E-state index in [0.29, 0.717) is 19.8 Å². The highest BCUT2D eigenvalue weighted by Crippen LogP contribution is 2.13. The molecule has 2 unspecified atom stereocenters. The first-order valence-electron chi connectivity index (χ1n) is 5.23. The van der Waals surface area contributed by atoms with Crippen LogP contribution in [0.4, 0.5) is 0 Å². The summed E-state index contributed by atoms with van der Waals surface area (Å²) >= 11 is 0. The van der Waals surface area contributed by atoms with Crippen molar-refractivity contribution in [2.45, 2.75) is 26.0 Å². The zero-order valence-corrected chi connectivity index (χ0v) is 9.27. The summed E-state index contributed by atoms with van der Waals surface area (Å²) in [6.07, 6.45) is 0.153. The monoisotopic (exact) mass is 217 g/mol. The summed E-state index contributed by atoms with van der Waals surface area (Å²) in [7, 11) is 0. The van der Waals surface area contributed by atoms with Crippen molar-refractivity contribution in [3.05, 3.63) is 0 Å². The zero-order chi connectivity index (χ0) is 11.3. The van der Waals surface area contributed by atoms with E-state index in [4.69, 9.17) is 19.9 Å². The number of hydrogen-bond donors (Lipinski definition) is 1. The fraction of sp³-hybridized carbons (Fsp3) is 0.900. The fourth-order valence-electron chi connectivity index (χ4n) is 1.35. The van der Waals surface area contributed by atoms with Crippen LogP contribution in [0.2, 0.25) is 0 Å². The van der Waals surface area contributed by atoms with Gasteiger partial charge in [-0.15, -0.1) is 0 Å². The van der Waals surface area contributed by atoms with Gasteiger partial charge in [0.15, 0.2) is 0 Å². The van der Waals surface area contributed by atoms with Crippen molar-refractivity contribution < 1.29 is 19.0 Å². The van der Waals surface area contributed by atoms with Crippen molar-refractivity contribution in [1.29, 1.82) is 0 Å². The SMILES string of the molecule is CC(C)OCCOC(=O)C1COCC1N. The quantitative estimate of drug-likeness (QED) is 0.515. The molecular formula is C10H19NO4. The Hall–Kier alpha value is -0.650. The molecule has 0 radical (unpaired) electrons. The molecule has 88 valence electrons. The Morgan fingerprint density at radius 1 is 1.47 bits per heavy atom. The van der Waals surface area contributed by atoms with Gasteiger partial charge in [-0.1, -0.05) is 0 Å². The molecule has 0 saturated carbocycles. The molecular weight excluding hydrogens is 198 g/mol. The van der Waals surface area contributed by atoms with Crippen molar-refractivity contribution in [1.82, 2.24) is 0 Å². The molecule has 0 amide bonds. The van der Waals surface area contributed by atoms with Crippen molar-refractivity contribution in [2.75, 3.05) is 26.4 Å². The number of rotatable bonds is 5. The van der Waals surface area contributed by atoms with Gasteiger partial charge < -0.3 is 19.9 Å². The standard InChI is InChI=1S/C10H19NO4/c1-7(2)14-3-4-15-10(12)8-5-13-6-9(8)11/h7-9H,3-6,11H2,1-2H3. The van der Waals surface area contributed by atoms with Gasteiger partial charge in [-0.3, -0.25) is 4.79 Å². The third kappa shape index (κ3) is 4.15. The molecule has 0 aromatic carbocycles. The van der Waals surface area contributed by atoms with E-state index in [2.05, 4.69) is 0 Å². The highest BCUT2D eigenvalue weighted by Gasteiger charge is 2.32. The van der Waals surface area contributed by atoms with E-state index >= 15 is 0 Å². The topological polar surface area (TPSA) is 70.8 Å². The summed E-state index contributed by atoms with van der Waals surface area (Å²) < 4.78 is 15.3. The second kappa shape index (κ2) is 6.05. The van der Waals surface area contributed by atoms with Crippen LogP contribution in [0.5, 0.6) is 0 Å². The van der Waals surface area contributed by atoms with Crippen LogP contribution in [-0.2, 0) is 19.0 Å². The third-order valence-corrected chi connectivity index (χ3v) is 2.21. The van der Waals surface area contributed by atoms with Crippen LogP contribution < -0.4 is 5.73 Å². The van der Waals surface area contributed by atoms with Crippen molar-refractivity contribution in [3.63, 3.8) is 0 Å². The molecule has 2 N–H and O–H groups in total. The minimum absolute atomic E-state index is 0.153. The largest absolute Gasteiger partial charge is 0.463 e. The fourth-order valence-corrected chi connectivity index (χ4v) is 1.35. The molecule has 0 spiro atoms. The lowest BCUT2D eigenvalue weighted by Gasteiger charge is -2.13.